The Morgan fingerprint density at radius 3 is 2.37 bits per heavy atom. The van der Waals surface area contributed by atoms with E-state index in [2.05, 4.69) is 31.2 Å². The summed E-state index contributed by atoms with van der Waals surface area (Å²) in [5.41, 5.74) is 4.07. The number of carbonyl (C=O) groups is 1. The first-order chi connectivity index (χ1) is 13.0. The fraction of sp³-hybridized carbons (Fsp3) is 0.130. The lowest BCUT2D eigenvalue weighted by Crippen LogP contribution is -2.19. The Morgan fingerprint density at radius 2 is 1.70 bits per heavy atom. The summed E-state index contributed by atoms with van der Waals surface area (Å²) < 4.78 is 1.56. The molecule has 0 saturated carbocycles. The first kappa shape index (κ1) is 18.4. The van der Waals surface area contributed by atoms with E-state index in [0.29, 0.717) is 6.54 Å². The van der Waals surface area contributed by atoms with Gasteiger partial charge in [0.25, 0.3) is 5.56 Å². The molecule has 4 nitrogen and oxygen atoms in total. The third-order valence-corrected chi connectivity index (χ3v) is 4.40. The van der Waals surface area contributed by atoms with E-state index in [1.54, 1.807) is 29.0 Å². The van der Waals surface area contributed by atoms with E-state index in [9.17, 15) is 9.59 Å². The van der Waals surface area contributed by atoms with Crippen LogP contribution in [0.2, 0.25) is 0 Å². The van der Waals surface area contributed by atoms with Gasteiger partial charge in [0.2, 0.25) is 0 Å². The molecule has 0 aliphatic heterocycles. The monoisotopic (exact) mass is 359 g/mol. The maximum Gasteiger partial charge on any atom is 0.335 e. The molecular formula is C23H21NO3. The molecule has 3 aromatic rings. The number of aromatic carboxylic acids is 1. The number of aromatic nitrogens is 1. The van der Waals surface area contributed by atoms with Crippen molar-refractivity contribution in [3.8, 4) is 0 Å². The smallest absolute Gasteiger partial charge is 0.335 e. The van der Waals surface area contributed by atoms with Gasteiger partial charge in [0.1, 0.15) is 0 Å². The Kier molecular flexibility index (Phi) is 5.67. The molecule has 0 unspecified atom stereocenters. The third kappa shape index (κ3) is 4.82. The zero-order chi connectivity index (χ0) is 19.2. The van der Waals surface area contributed by atoms with Gasteiger partial charge in [-0.15, -0.1) is 0 Å². The van der Waals surface area contributed by atoms with Crippen molar-refractivity contribution >= 4 is 18.1 Å². The zero-order valence-electron chi connectivity index (χ0n) is 15.1. The zero-order valence-corrected chi connectivity index (χ0v) is 15.1. The average molecular weight is 359 g/mol. The van der Waals surface area contributed by atoms with E-state index in [1.807, 2.05) is 24.3 Å². The van der Waals surface area contributed by atoms with Gasteiger partial charge in [-0.3, -0.25) is 4.79 Å². The van der Waals surface area contributed by atoms with E-state index in [0.717, 1.165) is 23.1 Å². The van der Waals surface area contributed by atoms with Crippen LogP contribution in [0.3, 0.4) is 0 Å². The van der Waals surface area contributed by atoms with Crippen LogP contribution in [0.25, 0.3) is 12.2 Å². The minimum Gasteiger partial charge on any atom is -0.478 e. The van der Waals surface area contributed by atoms with Crippen molar-refractivity contribution in [3.05, 3.63) is 105 Å². The number of hydrogen-bond acceptors (Lipinski definition) is 2. The maximum absolute atomic E-state index is 12.4. The Hall–Kier alpha value is -3.40. The molecule has 1 heterocycles. The molecule has 3 rings (SSSR count). The standard InChI is InChI=1S/C23H21NO3/c1-2-17-6-8-18(9-7-17)10-11-19-12-13-24(22(25)15-19)16-20-4-3-5-21(14-20)23(26)27/h3-15H,2,16H2,1H3,(H,26,27)/b11-10+. The predicted octanol–water partition coefficient (Wildman–Crippen LogP) is 4.33. The van der Waals surface area contributed by atoms with Crippen molar-refractivity contribution in [3.63, 3.8) is 0 Å². The summed E-state index contributed by atoms with van der Waals surface area (Å²) >= 11 is 0. The lowest BCUT2D eigenvalue weighted by atomic mass is 10.1. The summed E-state index contributed by atoms with van der Waals surface area (Å²) in [4.78, 5) is 23.4. The minimum absolute atomic E-state index is 0.126. The number of aryl methyl sites for hydroxylation is 1. The van der Waals surface area contributed by atoms with E-state index in [1.165, 1.54) is 11.6 Å². The normalized spacial score (nSPS) is 11.0. The van der Waals surface area contributed by atoms with E-state index >= 15 is 0 Å². The maximum atomic E-state index is 12.4. The molecule has 0 saturated heterocycles. The van der Waals surface area contributed by atoms with Crippen LogP contribution in [0, 0.1) is 0 Å². The SMILES string of the molecule is CCc1ccc(/C=C/c2ccn(Cc3cccc(C(=O)O)c3)c(=O)c2)cc1. The molecule has 0 aliphatic rings. The van der Waals surface area contributed by atoms with Gasteiger partial charge in [-0.1, -0.05) is 55.5 Å². The third-order valence-electron chi connectivity index (χ3n) is 4.40. The second-order valence-electron chi connectivity index (χ2n) is 6.36. The van der Waals surface area contributed by atoms with Gasteiger partial charge >= 0.3 is 5.97 Å². The summed E-state index contributed by atoms with van der Waals surface area (Å²) in [5.74, 6) is -0.975. The molecule has 1 aromatic heterocycles. The molecule has 0 atom stereocenters. The highest BCUT2D eigenvalue weighted by atomic mass is 16.4. The summed E-state index contributed by atoms with van der Waals surface area (Å²) in [5, 5.41) is 9.07. The summed E-state index contributed by atoms with van der Waals surface area (Å²) in [6, 6.07) is 18.4. The Bertz CT molecular complexity index is 1030. The van der Waals surface area contributed by atoms with Crippen LogP contribution in [0.4, 0.5) is 0 Å². The van der Waals surface area contributed by atoms with Gasteiger partial charge in [0.15, 0.2) is 0 Å². The van der Waals surface area contributed by atoms with E-state index in [4.69, 9.17) is 5.11 Å². The predicted molar refractivity (Wildman–Crippen MR) is 108 cm³/mol. The second-order valence-corrected chi connectivity index (χ2v) is 6.36. The molecule has 0 fully saturated rings. The number of carboxylic acids is 1. The van der Waals surface area contributed by atoms with E-state index in [-0.39, 0.29) is 11.1 Å². The van der Waals surface area contributed by atoms with Crippen molar-refractivity contribution < 1.29 is 9.90 Å². The summed E-state index contributed by atoms with van der Waals surface area (Å²) in [6.45, 7) is 2.46. The molecule has 4 heteroatoms. The van der Waals surface area contributed by atoms with Gasteiger partial charge in [-0.25, -0.2) is 4.79 Å². The molecular weight excluding hydrogens is 338 g/mol. The van der Waals surface area contributed by atoms with Gasteiger partial charge in [-0.2, -0.15) is 0 Å². The van der Waals surface area contributed by atoms with Crippen molar-refractivity contribution in [1.82, 2.24) is 4.57 Å². The summed E-state index contributed by atoms with van der Waals surface area (Å²) in [6.07, 6.45) is 6.64. The van der Waals surface area contributed by atoms with Gasteiger partial charge in [0.05, 0.1) is 12.1 Å². The molecule has 0 bridgehead atoms. The number of nitrogens with zero attached hydrogens (tertiary/aromatic N) is 1. The summed E-state index contributed by atoms with van der Waals surface area (Å²) in [7, 11) is 0. The second kappa shape index (κ2) is 8.32. The first-order valence-electron chi connectivity index (χ1n) is 8.85. The fourth-order valence-electron chi connectivity index (χ4n) is 2.81. The molecule has 0 radical (unpaired) electrons. The number of pyridine rings is 1. The lowest BCUT2D eigenvalue weighted by Gasteiger charge is -2.07. The van der Waals surface area contributed by atoms with E-state index < -0.39 is 5.97 Å². The number of rotatable bonds is 6. The van der Waals surface area contributed by atoms with Crippen molar-refractivity contribution in [2.75, 3.05) is 0 Å². The van der Waals surface area contributed by atoms with Crippen LogP contribution in [-0.4, -0.2) is 15.6 Å². The Balaban J connectivity index is 1.75. The number of benzene rings is 2. The minimum atomic E-state index is -0.975. The van der Waals surface area contributed by atoms with Crippen molar-refractivity contribution in [1.29, 1.82) is 0 Å². The van der Waals surface area contributed by atoms with Crippen LogP contribution in [-0.2, 0) is 13.0 Å². The highest BCUT2D eigenvalue weighted by Gasteiger charge is 2.04. The Morgan fingerprint density at radius 1 is 0.963 bits per heavy atom. The molecule has 0 spiro atoms. The van der Waals surface area contributed by atoms with Crippen LogP contribution in [0.1, 0.15) is 39.5 Å². The molecule has 2 aromatic carbocycles. The van der Waals surface area contributed by atoms with Gasteiger partial charge in [0, 0.05) is 12.3 Å². The first-order valence-corrected chi connectivity index (χ1v) is 8.85. The number of hydrogen-bond donors (Lipinski definition) is 1. The van der Waals surface area contributed by atoms with Crippen molar-refractivity contribution in [2.45, 2.75) is 19.9 Å². The van der Waals surface area contributed by atoms with Crippen LogP contribution in [0.15, 0.2) is 71.7 Å². The van der Waals surface area contributed by atoms with Gasteiger partial charge in [-0.05, 0) is 46.9 Å². The number of carboxylic acid groups (broad SMARTS) is 1. The van der Waals surface area contributed by atoms with Crippen LogP contribution >= 0.6 is 0 Å². The van der Waals surface area contributed by atoms with Crippen LogP contribution in [0.5, 0.6) is 0 Å². The largest absolute Gasteiger partial charge is 0.478 e. The topological polar surface area (TPSA) is 59.3 Å². The fourth-order valence-corrected chi connectivity index (χ4v) is 2.81. The lowest BCUT2D eigenvalue weighted by molar-refractivity contribution is 0.0696. The quantitative estimate of drug-likeness (QED) is 0.713. The molecule has 1 N–H and O–H groups in total. The van der Waals surface area contributed by atoms with Gasteiger partial charge < -0.3 is 9.67 Å². The molecule has 136 valence electrons. The Labute approximate surface area is 158 Å². The van der Waals surface area contributed by atoms with Crippen LogP contribution < -0.4 is 5.56 Å². The molecule has 0 aliphatic carbocycles. The highest BCUT2D eigenvalue weighted by Crippen LogP contribution is 2.10. The highest BCUT2D eigenvalue weighted by molar-refractivity contribution is 5.87. The molecule has 27 heavy (non-hydrogen) atoms. The average Bonchev–Trinajstić information content (AvgIpc) is 2.69. The molecule has 0 amide bonds. The van der Waals surface area contributed by atoms with Crippen molar-refractivity contribution in [2.24, 2.45) is 0 Å².